The molecule has 0 unspecified atom stereocenters. The molecule has 1 fully saturated rings. The van der Waals surface area contributed by atoms with Crippen LogP contribution in [-0.4, -0.2) is 40.6 Å². The molecular formula is C20H22N2O2. The molecule has 0 radical (unpaired) electrons. The van der Waals surface area contributed by atoms with E-state index in [0.717, 1.165) is 32.4 Å². The maximum Gasteiger partial charge on any atom is 0.317 e. The highest BCUT2D eigenvalue weighted by Crippen LogP contribution is 2.47. The van der Waals surface area contributed by atoms with Gasteiger partial charge >= 0.3 is 5.97 Å². The van der Waals surface area contributed by atoms with E-state index >= 15 is 0 Å². The number of likely N-dealkylation sites (tertiary alicyclic amines) is 1. The van der Waals surface area contributed by atoms with Gasteiger partial charge in [-0.3, -0.25) is 14.7 Å². The van der Waals surface area contributed by atoms with E-state index in [-0.39, 0.29) is 12.0 Å². The van der Waals surface area contributed by atoms with Crippen LogP contribution in [0.3, 0.4) is 0 Å². The van der Waals surface area contributed by atoms with E-state index in [1.807, 2.05) is 12.4 Å². The molecule has 1 aliphatic heterocycles. The number of hydrogen-bond acceptors (Lipinski definition) is 3. The molecule has 1 N–H and O–H groups in total. The number of aryl methyl sites for hydroxylation is 1. The second-order valence-electron chi connectivity index (χ2n) is 7.06. The van der Waals surface area contributed by atoms with Crippen molar-refractivity contribution in [1.82, 2.24) is 9.88 Å². The second kappa shape index (κ2) is 6.02. The Balaban J connectivity index is 1.56. The lowest BCUT2D eigenvalue weighted by molar-refractivity contribution is -0.138. The third-order valence-electron chi connectivity index (χ3n) is 5.74. The zero-order valence-electron chi connectivity index (χ0n) is 13.7. The number of hydrogen-bond donors (Lipinski definition) is 1. The molecule has 0 saturated carbocycles. The lowest BCUT2D eigenvalue weighted by atomic mass is 9.73. The fraction of sp³-hybridized carbons (Fsp3) is 0.400. The predicted octanol–water partition coefficient (Wildman–Crippen LogP) is 3.11. The van der Waals surface area contributed by atoms with Crippen molar-refractivity contribution in [2.45, 2.75) is 31.1 Å². The van der Waals surface area contributed by atoms with Crippen molar-refractivity contribution in [2.24, 2.45) is 0 Å². The molecule has 0 amide bonds. The number of piperidine rings is 1. The van der Waals surface area contributed by atoms with Gasteiger partial charge in [0.25, 0.3) is 0 Å². The minimum absolute atomic E-state index is 0.171. The third-order valence-corrected chi connectivity index (χ3v) is 5.74. The van der Waals surface area contributed by atoms with E-state index in [0.29, 0.717) is 0 Å². The van der Waals surface area contributed by atoms with Crippen molar-refractivity contribution >= 4 is 5.97 Å². The van der Waals surface area contributed by atoms with E-state index in [1.165, 1.54) is 28.7 Å². The highest BCUT2D eigenvalue weighted by atomic mass is 16.4. The Kier molecular flexibility index (Phi) is 3.85. The SMILES string of the molecule is O=C(O)CN1CCC2(CCc3cc(-c4ccncc4)ccc32)CC1. The summed E-state index contributed by atoms with van der Waals surface area (Å²) in [6, 6.07) is 11.0. The van der Waals surface area contributed by atoms with Gasteiger partial charge in [0.1, 0.15) is 0 Å². The number of nitrogens with zero attached hydrogens (tertiary/aromatic N) is 2. The van der Waals surface area contributed by atoms with Gasteiger partial charge in [-0.05, 0) is 78.6 Å². The summed E-state index contributed by atoms with van der Waals surface area (Å²) in [5, 5.41) is 8.97. The van der Waals surface area contributed by atoms with Gasteiger partial charge < -0.3 is 5.11 Å². The van der Waals surface area contributed by atoms with Crippen LogP contribution < -0.4 is 0 Å². The van der Waals surface area contributed by atoms with Crippen LogP contribution in [0.5, 0.6) is 0 Å². The molecule has 2 aromatic rings. The Bertz CT molecular complexity index is 749. The molecule has 2 aliphatic rings. The zero-order valence-corrected chi connectivity index (χ0v) is 13.7. The van der Waals surface area contributed by atoms with E-state index in [4.69, 9.17) is 5.11 Å². The average Bonchev–Trinajstić information content (AvgIpc) is 2.95. The van der Waals surface area contributed by atoms with Crippen LogP contribution in [0.2, 0.25) is 0 Å². The molecule has 1 saturated heterocycles. The standard InChI is InChI=1S/C20H22N2O2/c23-19(24)14-22-11-7-20(8-12-22)6-3-17-13-16(1-2-18(17)20)15-4-9-21-10-5-15/h1-2,4-5,9-10,13H,3,6-8,11-12,14H2,(H,23,24). The fourth-order valence-electron chi connectivity index (χ4n) is 4.40. The van der Waals surface area contributed by atoms with E-state index < -0.39 is 5.97 Å². The molecule has 24 heavy (non-hydrogen) atoms. The molecule has 4 nitrogen and oxygen atoms in total. The van der Waals surface area contributed by atoms with Crippen molar-refractivity contribution in [2.75, 3.05) is 19.6 Å². The van der Waals surface area contributed by atoms with Gasteiger partial charge in [0.15, 0.2) is 0 Å². The smallest absolute Gasteiger partial charge is 0.317 e. The number of carbonyl (C=O) groups is 1. The first-order valence-corrected chi connectivity index (χ1v) is 8.64. The average molecular weight is 322 g/mol. The maximum absolute atomic E-state index is 10.9. The molecule has 1 aromatic heterocycles. The number of rotatable bonds is 3. The zero-order chi connectivity index (χ0) is 16.6. The van der Waals surface area contributed by atoms with Crippen molar-refractivity contribution in [3.8, 4) is 11.1 Å². The summed E-state index contributed by atoms with van der Waals surface area (Å²) >= 11 is 0. The predicted molar refractivity (Wildman–Crippen MR) is 93.0 cm³/mol. The topological polar surface area (TPSA) is 53.4 Å². The summed E-state index contributed by atoms with van der Waals surface area (Å²) in [5.74, 6) is -0.722. The van der Waals surface area contributed by atoms with E-state index in [1.54, 1.807) is 0 Å². The van der Waals surface area contributed by atoms with Gasteiger partial charge in [-0.2, -0.15) is 0 Å². The molecule has 1 aromatic carbocycles. The first-order valence-electron chi connectivity index (χ1n) is 8.64. The van der Waals surface area contributed by atoms with Crippen LogP contribution in [0, 0.1) is 0 Å². The van der Waals surface area contributed by atoms with Crippen molar-refractivity contribution in [1.29, 1.82) is 0 Å². The summed E-state index contributed by atoms with van der Waals surface area (Å²) in [6.07, 6.45) is 8.14. The highest BCUT2D eigenvalue weighted by molar-refractivity contribution is 5.69. The summed E-state index contributed by atoms with van der Waals surface area (Å²) in [6.45, 7) is 1.94. The van der Waals surface area contributed by atoms with Crippen molar-refractivity contribution < 1.29 is 9.90 Å². The Morgan fingerprint density at radius 2 is 1.83 bits per heavy atom. The van der Waals surface area contributed by atoms with E-state index in [2.05, 4.69) is 40.2 Å². The minimum atomic E-state index is -0.722. The highest BCUT2D eigenvalue weighted by Gasteiger charge is 2.41. The van der Waals surface area contributed by atoms with Gasteiger partial charge in [0.2, 0.25) is 0 Å². The quantitative estimate of drug-likeness (QED) is 0.943. The first-order chi connectivity index (χ1) is 11.7. The summed E-state index contributed by atoms with van der Waals surface area (Å²) in [4.78, 5) is 17.1. The van der Waals surface area contributed by atoms with Crippen LogP contribution in [0.15, 0.2) is 42.7 Å². The van der Waals surface area contributed by atoms with Crippen molar-refractivity contribution in [3.05, 3.63) is 53.9 Å². The number of pyridine rings is 1. The first kappa shape index (κ1) is 15.3. The lowest BCUT2D eigenvalue weighted by Gasteiger charge is -2.39. The van der Waals surface area contributed by atoms with Crippen LogP contribution in [0.1, 0.15) is 30.4 Å². The third kappa shape index (κ3) is 2.71. The molecule has 1 spiro atoms. The summed E-state index contributed by atoms with van der Waals surface area (Å²) in [5.41, 5.74) is 5.70. The normalized spacial score (nSPS) is 19.3. The number of aliphatic carboxylic acids is 1. The van der Waals surface area contributed by atoms with E-state index in [9.17, 15) is 4.79 Å². The van der Waals surface area contributed by atoms with Gasteiger partial charge in [0.05, 0.1) is 6.54 Å². The molecule has 0 bridgehead atoms. The number of carboxylic acid groups (broad SMARTS) is 1. The van der Waals surface area contributed by atoms with Gasteiger partial charge in [-0.25, -0.2) is 0 Å². The van der Waals surface area contributed by atoms with Gasteiger partial charge in [-0.15, -0.1) is 0 Å². The summed E-state index contributed by atoms with van der Waals surface area (Å²) in [7, 11) is 0. The molecular weight excluding hydrogens is 300 g/mol. The minimum Gasteiger partial charge on any atom is -0.480 e. The molecule has 0 atom stereocenters. The number of carboxylic acids is 1. The second-order valence-corrected chi connectivity index (χ2v) is 7.06. The monoisotopic (exact) mass is 322 g/mol. The number of fused-ring (bicyclic) bond motifs is 2. The van der Waals surface area contributed by atoms with Crippen LogP contribution in [0.4, 0.5) is 0 Å². The molecule has 1 aliphatic carbocycles. The largest absolute Gasteiger partial charge is 0.480 e. The lowest BCUT2D eigenvalue weighted by Crippen LogP contribution is -2.43. The summed E-state index contributed by atoms with van der Waals surface area (Å²) < 4.78 is 0. The Morgan fingerprint density at radius 3 is 2.54 bits per heavy atom. The Morgan fingerprint density at radius 1 is 1.08 bits per heavy atom. The van der Waals surface area contributed by atoms with Crippen LogP contribution in [-0.2, 0) is 16.6 Å². The molecule has 4 rings (SSSR count). The maximum atomic E-state index is 10.9. The number of aromatic nitrogens is 1. The van der Waals surface area contributed by atoms with Gasteiger partial charge in [0, 0.05) is 12.4 Å². The van der Waals surface area contributed by atoms with Gasteiger partial charge in [-0.1, -0.05) is 18.2 Å². The molecule has 4 heteroatoms. The Hall–Kier alpha value is -2.20. The molecule has 2 heterocycles. The van der Waals surface area contributed by atoms with Crippen LogP contribution >= 0.6 is 0 Å². The number of benzene rings is 1. The van der Waals surface area contributed by atoms with Crippen molar-refractivity contribution in [3.63, 3.8) is 0 Å². The van der Waals surface area contributed by atoms with Crippen LogP contribution in [0.25, 0.3) is 11.1 Å². The Labute approximate surface area is 142 Å². The fourth-order valence-corrected chi connectivity index (χ4v) is 4.40. The molecule has 124 valence electrons.